The molecular formula is C24H15IN2O3S. The average Bonchev–Trinajstić information content (AvgIpc) is 3.06. The van der Waals surface area contributed by atoms with E-state index in [4.69, 9.17) is 4.74 Å². The highest BCUT2D eigenvalue weighted by molar-refractivity contribution is 14.1. The molecule has 0 atom stereocenters. The summed E-state index contributed by atoms with van der Waals surface area (Å²) in [6.45, 7) is 0.287. The third-order valence-corrected chi connectivity index (χ3v) is 6.30. The maximum Gasteiger partial charge on any atom is 0.298 e. The van der Waals surface area contributed by atoms with Crippen molar-refractivity contribution in [2.24, 2.45) is 0 Å². The van der Waals surface area contributed by atoms with Crippen molar-refractivity contribution in [3.05, 3.63) is 98.0 Å². The van der Waals surface area contributed by atoms with E-state index in [1.807, 2.05) is 42.5 Å². The number of carbonyl (C=O) groups is 2. The molecule has 0 N–H and O–H groups in total. The number of hydrogen-bond acceptors (Lipinski definition) is 5. The predicted molar refractivity (Wildman–Crippen MR) is 130 cm³/mol. The van der Waals surface area contributed by atoms with Gasteiger partial charge in [0.1, 0.15) is 12.4 Å². The van der Waals surface area contributed by atoms with Gasteiger partial charge >= 0.3 is 0 Å². The first-order valence-electron chi connectivity index (χ1n) is 9.30. The number of nitrogens with zero attached hydrogens (tertiary/aromatic N) is 2. The van der Waals surface area contributed by atoms with Crippen LogP contribution in [-0.2, 0) is 11.4 Å². The first-order chi connectivity index (χ1) is 15.1. The van der Waals surface area contributed by atoms with E-state index in [0.717, 1.165) is 26.5 Å². The fraction of sp³-hybridized carbons (Fsp3) is 0.0417. The Labute approximate surface area is 197 Å². The zero-order chi connectivity index (χ0) is 21.8. The monoisotopic (exact) mass is 538 g/mol. The first kappa shape index (κ1) is 21.2. The molecule has 1 fully saturated rings. The topological polar surface area (TPSA) is 70.4 Å². The Morgan fingerprint density at radius 2 is 1.77 bits per heavy atom. The maximum absolute atomic E-state index is 12.8. The molecule has 31 heavy (non-hydrogen) atoms. The SMILES string of the molecule is N#Cc1ccccc1COc1ccc(/C=C2\SC(=O)N(c3ccccc3)C2=O)cc1I. The smallest absolute Gasteiger partial charge is 0.298 e. The Kier molecular flexibility index (Phi) is 6.39. The van der Waals surface area contributed by atoms with Gasteiger partial charge in [-0.15, -0.1) is 0 Å². The molecule has 1 heterocycles. The van der Waals surface area contributed by atoms with Gasteiger partial charge in [0.15, 0.2) is 0 Å². The van der Waals surface area contributed by atoms with Gasteiger partial charge in [-0.25, -0.2) is 4.90 Å². The minimum absolute atomic E-state index is 0.287. The van der Waals surface area contributed by atoms with Crippen LogP contribution in [0.3, 0.4) is 0 Å². The highest BCUT2D eigenvalue weighted by Gasteiger charge is 2.36. The molecule has 1 aliphatic heterocycles. The Hall–Kier alpha value is -3.09. The molecule has 3 aromatic carbocycles. The molecule has 4 rings (SSSR count). The van der Waals surface area contributed by atoms with E-state index in [1.165, 1.54) is 4.90 Å². The summed E-state index contributed by atoms with van der Waals surface area (Å²) in [7, 11) is 0. The summed E-state index contributed by atoms with van der Waals surface area (Å²) in [4.78, 5) is 26.7. The maximum atomic E-state index is 12.8. The number of nitriles is 1. The summed E-state index contributed by atoms with van der Waals surface area (Å²) in [5, 5.41) is 8.89. The molecule has 152 valence electrons. The summed E-state index contributed by atoms with van der Waals surface area (Å²) < 4.78 is 6.75. The van der Waals surface area contributed by atoms with Crippen LogP contribution in [0.15, 0.2) is 77.7 Å². The van der Waals surface area contributed by atoms with Crippen LogP contribution >= 0.6 is 34.4 Å². The predicted octanol–water partition coefficient (Wildman–Crippen LogP) is 5.98. The number of amides is 2. The quantitative estimate of drug-likeness (QED) is 0.295. The van der Waals surface area contributed by atoms with Crippen LogP contribution in [0.4, 0.5) is 10.5 Å². The van der Waals surface area contributed by atoms with Gasteiger partial charge in [0.05, 0.1) is 25.8 Å². The molecule has 0 saturated carbocycles. The molecule has 1 saturated heterocycles. The van der Waals surface area contributed by atoms with Gasteiger partial charge in [0.25, 0.3) is 11.1 Å². The minimum atomic E-state index is -0.329. The minimum Gasteiger partial charge on any atom is -0.488 e. The summed E-state index contributed by atoms with van der Waals surface area (Å²) in [5.74, 6) is 0.354. The van der Waals surface area contributed by atoms with Crippen LogP contribution in [0, 0.1) is 14.9 Å². The standard InChI is InChI=1S/C24H15IN2O3S/c25-20-12-16(10-11-21(20)30-15-18-7-5-4-6-17(18)14-26)13-22-23(28)27(24(29)31-22)19-8-2-1-3-9-19/h1-13H,15H2/b22-13-. The zero-order valence-electron chi connectivity index (χ0n) is 16.1. The second-order valence-corrected chi connectivity index (χ2v) is 8.76. The van der Waals surface area contributed by atoms with E-state index in [1.54, 1.807) is 36.4 Å². The Bertz CT molecular complexity index is 1240. The number of imide groups is 1. The van der Waals surface area contributed by atoms with Crippen molar-refractivity contribution in [3.8, 4) is 11.8 Å². The number of thioether (sulfide) groups is 1. The largest absolute Gasteiger partial charge is 0.488 e. The van der Waals surface area contributed by atoms with Crippen LogP contribution in [-0.4, -0.2) is 11.1 Å². The molecule has 0 aliphatic carbocycles. The van der Waals surface area contributed by atoms with Crippen LogP contribution < -0.4 is 9.64 Å². The molecule has 2 amide bonds. The van der Waals surface area contributed by atoms with Crippen LogP contribution in [0.25, 0.3) is 6.08 Å². The molecule has 3 aromatic rings. The fourth-order valence-electron chi connectivity index (χ4n) is 3.05. The lowest BCUT2D eigenvalue weighted by atomic mass is 10.1. The van der Waals surface area contributed by atoms with Crippen molar-refractivity contribution in [1.29, 1.82) is 5.26 Å². The first-order valence-corrected chi connectivity index (χ1v) is 11.2. The highest BCUT2D eigenvalue weighted by atomic mass is 127. The van der Waals surface area contributed by atoms with Gasteiger partial charge in [-0.05, 0) is 76.3 Å². The third-order valence-electron chi connectivity index (χ3n) is 4.58. The number of benzene rings is 3. The average molecular weight is 538 g/mol. The lowest BCUT2D eigenvalue weighted by Gasteiger charge is -2.11. The molecule has 5 nitrogen and oxygen atoms in total. The normalized spacial score (nSPS) is 14.7. The van der Waals surface area contributed by atoms with E-state index in [0.29, 0.717) is 21.9 Å². The Morgan fingerprint density at radius 3 is 2.52 bits per heavy atom. The molecular weight excluding hydrogens is 523 g/mol. The third kappa shape index (κ3) is 4.65. The zero-order valence-corrected chi connectivity index (χ0v) is 19.1. The molecule has 7 heteroatoms. The van der Waals surface area contributed by atoms with E-state index < -0.39 is 0 Å². The number of anilines is 1. The Balaban J connectivity index is 1.51. The van der Waals surface area contributed by atoms with E-state index in [9.17, 15) is 14.9 Å². The Morgan fingerprint density at radius 1 is 1.03 bits per heavy atom. The van der Waals surface area contributed by atoms with Gasteiger partial charge < -0.3 is 4.74 Å². The van der Waals surface area contributed by atoms with Crippen LogP contribution in [0.5, 0.6) is 5.75 Å². The lowest BCUT2D eigenvalue weighted by molar-refractivity contribution is -0.113. The van der Waals surface area contributed by atoms with Gasteiger partial charge in [-0.1, -0.05) is 42.5 Å². The summed E-state index contributed by atoms with van der Waals surface area (Å²) >= 11 is 3.10. The summed E-state index contributed by atoms with van der Waals surface area (Å²) in [5.41, 5.74) is 2.76. The van der Waals surface area contributed by atoms with Gasteiger partial charge in [0.2, 0.25) is 0 Å². The number of carbonyl (C=O) groups excluding carboxylic acids is 2. The second kappa shape index (κ2) is 9.37. The van der Waals surface area contributed by atoms with Gasteiger partial charge in [-0.3, -0.25) is 9.59 Å². The van der Waals surface area contributed by atoms with Crippen LogP contribution in [0.2, 0.25) is 0 Å². The van der Waals surface area contributed by atoms with Crippen molar-refractivity contribution in [2.45, 2.75) is 6.61 Å². The fourth-order valence-corrected chi connectivity index (χ4v) is 4.59. The molecule has 0 unspecified atom stereocenters. The molecule has 0 aromatic heterocycles. The number of hydrogen-bond donors (Lipinski definition) is 0. The van der Waals surface area contributed by atoms with Crippen molar-refractivity contribution >= 4 is 57.3 Å². The van der Waals surface area contributed by atoms with Crippen molar-refractivity contribution in [2.75, 3.05) is 4.90 Å². The second-order valence-electron chi connectivity index (χ2n) is 6.60. The van der Waals surface area contributed by atoms with E-state index in [2.05, 4.69) is 28.7 Å². The number of rotatable bonds is 5. The lowest BCUT2D eigenvalue weighted by Crippen LogP contribution is -2.27. The van der Waals surface area contributed by atoms with Crippen molar-refractivity contribution in [1.82, 2.24) is 0 Å². The number of halogens is 1. The van der Waals surface area contributed by atoms with Crippen molar-refractivity contribution < 1.29 is 14.3 Å². The van der Waals surface area contributed by atoms with Gasteiger partial charge in [-0.2, -0.15) is 5.26 Å². The summed E-state index contributed by atoms with van der Waals surface area (Å²) in [6.07, 6.45) is 1.71. The number of ether oxygens (including phenoxy) is 1. The molecule has 0 radical (unpaired) electrons. The molecule has 0 spiro atoms. The van der Waals surface area contributed by atoms with E-state index in [-0.39, 0.29) is 17.8 Å². The number of para-hydroxylation sites is 1. The van der Waals surface area contributed by atoms with Gasteiger partial charge in [0, 0.05) is 5.56 Å². The van der Waals surface area contributed by atoms with E-state index >= 15 is 0 Å². The molecule has 1 aliphatic rings. The van der Waals surface area contributed by atoms with Crippen LogP contribution in [0.1, 0.15) is 16.7 Å². The highest BCUT2D eigenvalue weighted by Crippen LogP contribution is 2.36. The molecule has 0 bridgehead atoms. The van der Waals surface area contributed by atoms with Crippen molar-refractivity contribution in [3.63, 3.8) is 0 Å². The summed E-state index contributed by atoms with van der Waals surface area (Å²) in [6, 6.07) is 23.9.